The van der Waals surface area contributed by atoms with E-state index in [0.717, 1.165) is 5.56 Å². The Morgan fingerprint density at radius 1 is 1.16 bits per heavy atom. The minimum atomic E-state index is -0.889. The SMILES string of the molecule is CCCC(=O)/C(C(=O)OCC)=C(\O)[C@H](Cc1ccccc1)NC(C)=O. The Morgan fingerprint density at radius 2 is 1.80 bits per heavy atom. The molecule has 1 rings (SSSR count). The summed E-state index contributed by atoms with van der Waals surface area (Å²) in [6.07, 6.45) is 0.878. The van der Waals surface area contributed by atoms with Gasteiger partial charge >= 0.3 is 5.97 Å². The molecule has 1 atom stereocenters. The Bertz CT molecular complexity index is 616. The van der Waals surface area contributed by atoms with Gasteiger partial charge in [-0.1, -0.05) is 37.3 Å². The first-order valence-electron chi connectivity index (χ1n) is 8.35. The maximum atomic E-state index is 12.3. The second-order valence-electron chi connectivity index (χ2n) is 5.60. The lowest BCUT2D eigenvalue weighted by Gasteiger charge is -2.20. The second kappa shape index (κ2) is 10.3. The molecule has 0 aromatic heterocycles. The van der Waals surface area contributed by atoms with Crippen molar-refractivity contribution < 1.29 is 24.2 Å². The van der Waals surface area contributed by atoms with E-state index in [4.69, 9.17) is 4.74 Å². The standard InChI is InChI=1S/C19H25NO5/c1-4-9-16(22)17(19(24)25-5-2)18(23)15(20-13(3)21)12-14-10-7-6-8-11-14/h6-8,10-11,15,23H,4-5,9,12H2,1-3H3,(H,20,21)/b18-17+/t15-/m0/s1. The number of esters is 1. The Hall–Kier alpha value is -2.63. The van der Waals surface area contributed by atoms with Crippen LogP contribution in [0.3, 0.4) is 0 Å². The van der Waals surface area contributed by atoms with Gasteiger partial charge in [-0.3, -0.25) is 9.59 Å². The minimum Gasteiger partial charge on any atom is -0.509 e. The van der Waals surface area contributed by atoms with Crippen molar-refractivity contribution in [1.29, 1.82) is 0 Å². The topological polar surface area (TPSA) is 92.7 Å². The van der Waals surface area contributed by atoms with Crippen LogP contribution in [0.25, 0.3) is 0 Å². The van der Waals surface area contributed by atoms with Gasteiger partial charge in [0.05, 0.1) is 12.6 Å². The lowest BCUT2D eigenvalue weighted by Crippen LogP contribution is -2.38. The average Bonchev–Trinajstić information content (AvgIpc) is 2.55. The van der Waals surface area contributed by atoms with Gasteiger partial charge in [-0.2, -0.15) is 0 Å². The van der Waals surface area contributed by atoms with Crippen molar-refractivity contribution in [2.24, 2.45) is 0 Å². The highest BCUT2D eigenvalue weighted by Gasteiger charge is 2.29. The zero-order chi connectivity index (χ0) is 18.8. The first-order valence-corrected chi connectivity index (χ1v) is 8.35. The largest absolute Gasteiger partial charge is 0.509 e. The molecule has 0 aliphatic heterocycles. The van der Waals surface area contributed by atoms with Gasteiger partial charge in [-0.25, -0.2) is 4.79 Å². The van der Waals surface area contributed by atoms with Crippen LogP contribution in [0.2, 0.25) is 0 Å². The molecule has 0 spiro atoms. The number of ether oxygens (including phenoxy) is 1. The number of carbonyl (C=O) groups excluding carboxylic acids is 3. The molecule has 6 heteroatoms. The third-order valence-corrected chi connectivity index (χ3v) is 3.48. The summed E-state index contributed by atoms with van der Waals surface area (Å²) >= 11 is 0. The van der Waals surface area contributed by atoms with E-state index in [9.17, 15) is 19.5 Å². The van der Waals surface area contributed by atoms with E-state index in [-0.39, 0.29) is 25.4 Å². The lowest BCUT2D eigenvalue weighted by atomic mass is 9.98. The first kappa shape index (κ1) is 20.4. The van der Waals surface area contributed by atoms with Crippen molar-refractivity contribution in [2.75, 3.05) is 6.61 Å². The van der Waals surface area contributed by atoms with E-state index in [1.54, 1.807) is 13.8 Å². The number of rotatable bonds is 9. The summed E-state index contributed by atoms with van der Waals surface area (Å²) in [6.45, 7) is 4.81. The van der Waals surface area contributed by atoms with Gasteiger partial charge in [-0.05, 0) is 25.3 Å². The number of amides is 1. The van der Waals surface area contributed by atoms with Crippen molar-refractivity contribution in [1.82, 2.24) is 5.32 Å². The van der Waals surface area contributed by atoms with E-state index in [1.165, 1.54) is 6.92 Å². The monoisotopic (exact) mass is 347 g/mol. The van der Waals surface area contributed by atoms with E-state index in [0.29, 0.717) is 6.42 Å². The number of benzene rings is 1. The summed E-state index contributed by atoms with van der Waals surface area (Å²) in [7, 11) is 0. The lowest BCUT2D eigenvalue weighted by molar-refractivity contribution is -0.140. The molecular weight excluding hydrogens is 322 g/mol. The molecule has 0 unspecified atom stereocenters. The van der Waals surface area contributed by atoms with Crippen molar-refractivity contribution in [3.63, 3.8) is 0 Å². The molecule has 0 aliphatic rings. The zero-order valence-corrected chi connectivity index (χ0v) is 14.9. The smallest absolute Gasteiger partial charge is 0.345 e. The third kappa shape index (κ3) is 6.41. The number of Topliss-reactive ketones (excluding diaryl/α,β-unsaturated/α-hetero) is 1. The molecule has 0 radical (unpaired) electrons. The Labute approximate surface area is 147 Å². The van der Waals surface area contributed by atoms with E-state index >= 15 is 0 Å². The van der Waals surface area contributed by atoms with Gasteiger partial charge in [-0.15, -0.1) is 0 Å². The Balaban J connectivity index is 3.27. The van der Waals surface area contributed by atoms with Crippen molar-refractivity contribution in [2.45, 2.75) is 46.1 Å². The van der Waals surface area contributed by atoms with Gasteiger partial charge in [0.1, 0.15) is 11.3 Å². The molecule has 0 saturated heterocycles. The number of aliphatic hydroxyl groups is 1. The van der Waals surface area contributed by atoms with Crippen molar-refractivity contribution in [3.8, 4) is 0 Å². The fourth-order valence-electron chi connectivity index (χ4n) is 2.40. The quantitative estimate of drug-likeness (QED) is 0.235. The number of ketones is 1. The van der Waals surface area contributed by atoms with Crippen molar-refractivity contribution in [3.05, 3.63) is 47.2 Å². The molecule has 1 amide bonds. The molecule has 0 aliphatic carbocycles. The van der Waals surface area contributed by atoms with Crippen LogP contribution in [-0.4, -0.2) is 35.4 Å². The van der Waals surface area contributed by atoms with Crippen LogP contribution in [0.4, 0.5) is 0 Å². The summed E-state index contributed by atoms with van der Waals surface area (Å²) in [5, 5.41) is 13.2. The summed E-state index contributed by atoms with van der Waals surface area (Å²) < 4.78 is 4.91. The second-order valence-corrected chi connectivity index (χ2v) is 5.60. The van der Waals surface area contributed by atoms with Crippen LogP contribution in [0.15, 0.2) is 41.7 Å². The number of hydrogen-bond donors (Lipinski definition) is 2. The van der Waals surface area contributed by atoms with Gasteiger partial charge in [0, 0.05) is 13.3 Å². The van der Waals surface area contributed by atoms with E-state index in [2.05, 4.69) is 5.32 Å². The number of carbonyl (C=O) groups is 3. The Kier molecular flexibility index (Phi) is 8.39. The third-order valence-electron chi connectivity index (χ3n) is 3.48. The molecule has 0 heterocycles. The van der Waals surface area contributed by atoms with Crippen molar-refractivity contribution >= 4 is 17.7 Å². The summed E-state index contributed by atoms with van der Waals surface area (Å²) in [5.74, 6) is -2.21. The van der Waals surface area contributed by atoms with Crippen LogP contribution in [-0.2, 0) is 25.5 Å². The molecular formula is C19H25NO5. The van der Waals surface area contributed by atoms with Crippen LogP contribution in [0.5, 0.6) is 0 Å². The molecule has 1 aromatic rings. The highest BCUT2D eigenvalue weighted by Crippen LogP contribution is 2.16. The molecule has 0 bridgehead atoms. The van der Waals surface area contributed by atoms with Crippen LogP contribution >= 0.6 is 0 Å². The van der Waals surface area contributed by atoms with Crippen LogP contribution in [0.1, 0.15) is 39.2 Å². The first-order chi connectivity index (χ1) is 11.9. The molecule has 6 nitrogen and oxygen atoms in total. The summed E-state index contributed by atoms with van der Waals surface area (Å²) in [6, 6.07) is 8.28. The zero-order valence-electron chi connectivity index (χ0n) is 14.9. The normalized spacial score (nSPS) is 12.8. The van der Waals surface area contributed by atoms with Gasteiger partial charge in [0.2, 0.25) is 5.91 Å². The van der Waals surface area contributed by atoms with Gasteiger partial charge in [0.15, 0.2) is 5.78 Å². The molecule has 0 saturated carbocycles. The molecule has 25 heavy (non-hydrogen) atoms. The van der Waals surface area contributed by atoms with Crippen LogP contribution < -0.4 is 5.32 Å². The van der Waals surface area contributed by atoms with Gasteiger partial charge < -0.3 is 15.2 Å². The highest BCUT2D eigenvalue weighted by atomic mass is 16.5. The molecule has 1 aromatic carbocycles. The maximum Gasteiger partial charge on any atom is 0.345 e. The minimum absolute atomic E-state index is 0.0819. The summed E-state index contributed by atoms with van der Waals surface area (Å²) in [5.41, 5.74) is 0.456. The van der Waals surface area contributed by atoms with Crippen LogP contribution in [0, 0.1) is 0 Å². The average molecular weight is 347 g/mol. The highest BCUT2D eigenvalue weighted by molar-refractivity contribution is 6.17. The number of aliphatic hydroxyl groups excluding tert-OH is 1. The summed E-state index contributed by atoms with van der Waals surface area (Å²) in [4.78, 5) is 36.0. The Morgan fingerprint density at radius 3 is 2.32 bits per heavy atom. The number of hydrogen-bond acceptors (Lipinski definition) is 5. The molecule has 136 valence electrons. The number of nitrogens with one attached hydrogen (secondary N) is 1. The molecule has 2 N–H and O–H groups in total. The molecule has 0 fully saturated rings. The predicted molar refractivity (Wildman–Crippen MR) is 94.0 cm³/mol. The van der Waals surface area contributed by atoms with Gasteiger partial charge in [0.25, 0.3) is 0 Å². The fourth-order valence-corrected chi connectivity index (χ4v) is 2.40. The van der Waals surface area contributed by atoms with E-state index < -0.39 is 29.1 Å². The fraction of sp³-hybridized carbons (Fsp3) is 0.421. The maximum absolute atomic E-state index is 12.3. The predicted octanol–water partition coefficient (Wildman–Crippen LogP) is 2.48. The van der Waals surface area contributed by atoms with E-state index in [1.807, 2.05) is 30.3 Å².